The molecular formula is C32H21Br3ClN3O4. The minimum Gasteiger partial charge on any atom is -0.490 e. The van der Waals surface area contributed by atoms with Crippen LogP contribution < -0.4 is 15.0 Å². The van der Waals surface area contributed by atoms with Gasteiger partial charge in [0.1, 0.15) is 12.2 Å². The van der Waals surface area contributed by atoms with Crippen LogP contribution in [0.4, 0.5) is 0 Å². The van der Waals surface area contributed by atoms with Crippen molar-refractivity contribution >= 4 is 87.5 Å². The van der Waals surface area contributed by atoms with Gasteiger partial charge in [-0.2, -0.15) is 9.78 Å². The maximum atomic E-state index is 13.7. The van der Waals surface area contributed by atoms with Crippen LogP contribution >= 0.6 is 59.4 Å². The molecule has 2 heterocycles. The van der Waals surface area contributed by atoms with Crippen LogP contribution in [0, 0.1) is 0 Å². The van der Waals surface area contributed by atoms with Crippen molar-refractivity contribution in [2.24, 2.45) is 5.10 Å². The van der Waals surface area contributed by atoms with E-state index >= 15 is 0 Å². The van der Waals surface area contributed by atoms with Gasteiger partial charge in [0.15, 0.2) is 17.3 Å². The molecule has 0 saturated carbocycles. The predicted octanol–water partition coefficient (Wildman–Crippen LogP) is 9.61. The van der Waals surface area contributed by atoms with Crippen LogP contribution in [-0.2, 0) is 6.61 Å². The Hall–Kier alpha value is -3.44. The second-order valence-corrected chi connectivity index (χ2v) is 12.3. The van der Waals surface area contributed by atoms with Crippen molar-refractivity contribution < 1.29 is 13.9 Å². The molecule has 0 aliphatic rings. The fourth-order valence-corrected chi connectivity index (χ4v) is 5.85. The van der Waals surface area contributed by atoms with Gasteiger partial charge in [-0.15, -0.1) is 0 Å². The molecule has 0 aliphatic carbocycles. The van der Waals surface area contributed by atoms with E-state index in [2.05, 4.69) is 52.9 Å². The summed E-state index contributed by atoms with van der Waals surface area (Å²) in [5.74, 6) is 1.70. The van der Waals surface area contributed by atoms with E-state index in [1.165, 1.54) is 4.68 Å². The van der Waals surface area contributed by atoms with E-state index in [0.29, 0.717) is 66.5 Å². The lowest BCUT2D eigenvalue weighted by Gasteiger charge is -2.16. The van der Waals surface area contributed by atoms with Crippen LogP contribution in [-0.4, -0.2) is 22.5 Å². The monoisotopic (exact) mass is 783 g/mol. The van der Waals surface area contributed by atoms with Crippen LogP contribution in [0.1, 0.15) is 18.1 Å². The van der Waals surface area contributed by atoms with Crippen LogP contribution in [0.3, 0.4) is 0 Å². The number of benzene rings is 4. The summed E-state index contributed by atoms with van der Waals surface area (Å²) in [5.41, 5.74) is 2.45. The number of furan rings is 1. The summed E-state index contributed by atoms with van der Waals surface area (Å²) in [6, 6.07) is 23.9. The molecule has 0 atom stereocenters. The minimum atomic E-state index is -0.343. The van der Waals surface area contributed by atoms with Crippen molar-refractivity contribution in [2.45, 2.75) is 13.5 Å². The highest BCUT2D eigenvalue weighted by molar-refractivity contribution is 9.13. The summed E-state index contributed by atoms with van der Waals surface area (Å²) in [6.45, 7) is 2.67. The molecular weight excluding hydrogens is 766 g/mol. The fourth-order valence-electron chi connectivity index (χ4n) is 4.47. The Kier molecular flexibility index (Phi) is 8.72. The molecule has 0 saturated heterocycles. The minimum absolute atomic E-state index is 0.252. The van der Waals surface area contributed by atoms with Crippen molar-refractivity contribution in [3.63, 3.8) is 0 Å². The van der Waals surface area contributed by atoms with Gasteiger partial charge >= 0.3 is 0 Å². The normalized spacial score (nSPS) is 11.6. The number of hydrogen-bond donors (Lipinski definition) is 0. The number of aromatic nitrogens is 2. The Balaban J connectivity index is 1.43. The van der Waals surface area contributed by atoms with E-state index in [9.17, 15) is 4.79 Å². The van der Waals surface area contributed by atoms with Gasteiger partial charge in [0, 0.05) is 24.9 Å². The summed E-state index contributed by atoms with van der Waals surface area (Å²) in [6.07, 6.45) is 1.57. The molecule has 216 valence electrons. The molecule has 6 rings (SSSR count). The number of ether oxygens (including phenoxy) is 2. The second-order valence-electron chi connectivity index (χ2n) is 9.38. The first-order valence-corrected chi connectivity index (χ1v) is 15.9. The molecule has 0 aliphatic heterocycles. The van der Waals surface area contributed by atoms with Crippen molar-refractivity contribution in [3.8, 4) is 23.1 Å². The summed E-state index contributed by atoms with van der Waals surface area (Å²) < 4.78 is 21.7. The van der Waals surface area contributed by atoms with Gasteiger partial charge in [-0.3, -0.25) is 4.79 Å². The van der Waals surface area contributed by atoms with Crippen LogP contribution in [0.2, 0.25) is 5.02 Å². The second kappa shape index (κ2) is 12.7. The Morgan fingerprint density at radius 3 is 2.56 bits per heavy atom. The third kappa shape index (κ3) is 6.15. The lowest BCUT2D eigenvalue weighted by atomic mass is 10.2. The Bertz CT molecular complexity index is 2070. The van der Waals surface area contributed by atoms with Crippen molar-refractivity contribution in [1.29, 1.82) is 0 Å². The molecule has 0 spiro atoms. The molecule has 7 nitrogen and oxygen atoms in total. The highest BCUT2D eigenvalue weighted by atomic mass is 79.9. The zero-order valence-corrected chi connectivity index (χ0v) is 28.0. The lowest BCUT2D eigenvalue weighted by molar-refractivity contribution is 0.267. The third-order valence-electron chi connectivity index (χ3n) is 6.52. The first kappa shape index (κ1) is 29.6. The molecule has 0 unspecified atom stereocenters. The molecule has 0 radical (unpaired) electrons. The quantitative estimate of drug-likeness (QED) is 0.144. The van der Waals surface area contributed by atoms with E-state index in [4.69, 9.17) is 30.5 Å². The summed E-state index contributed by atoms with van der Waals surface area (Å²) in [7, 11) is 0. The largest absolute Gasteiger partial charge is 0.490 e. The number of fused-ring (bicyclic) bond motifs is 2. The zero-order chi connectivity index (χ0) is 30.1. The van der Waals surface area contributed by atoms with Gasteiger partial charge in [0.2, 0.25) is 5.82 Å². The van der Waals surface area contributed by atoms with Gasteiger partial charge in [-0.1, -0.05) is 51.8 Å². The van der Waals surface area contributed by atoms with Gasteiger partial charge in [0.25, 0.3) is 5.56 Å². The number of nitrogens with zero attached hydrogens (tertiary/aromatic N) is 3. The van der Waals surface area contributed by atoms with E-state index in [1.54, 1.807) is 54.7 Å². The van der Waals surface area contributed by atoms with E-state index in [1.807, 2.05) is 37.3 Å². The smallest absolute Gasteiger partial charge is 0.282 e. The molecule has 43 heavy (non-hydrogen) atoms. The fraction of sp³-hybridized carbons (Fsp3) is 0.0938. The van der Waals surface area contributed by atoms with Crippen molar-refractivity contribution in [2.75, 3.05) is 6.61 Å². The summed E-state index contributed by atoms with van der Waals surface area (Å²) in [4.78, 5) is 18.5. The number of halogens is 4. The molecule has 11 heteroatoms. The van der Waals surface area contributed by atoms with Crippen molar-refractivity contribution in [1.82, 2.24) is 9.66 Å². The first-order valence-electron chi connectivity index (χ1n) is 13.1. The third-order valence-corrected chi connectivity index (χ3v) is 9.42. The highest BCUT2D eigenvalue weighted by Crippen LogP contribution is 2.43. The van der Waals surface area contributed by atoms with Gasteiger partial charge in [-0.05, 0) is 98.9 Å². The van der Waals surface area contributed by atoms with Crippen LogP contribution in [0.25, 0.3) is 33.5 Å². The topological polar surface area (TPSA) is 78.9 Å². The van der Waals surface area contributed by atoms with Gasteiger partial charge in [-0.25, -0.2) is 4.98 Å². The number of para-hydroxylation sites is 1. The molecule has 0 amide bonds. The maximum absolute atomic E-state index is 13.7. The SMILES string of the molecule is CCOc1cc(C=Nn2c(-c3cc4cc(Cl)ccc4o3)nc3ccccc3c2=O)c(Br)c(Br)c1OCc1ccc(Br)cc1. The summed E-state index contributed by atoms with van der Waals surface area (Å²) in [5, 5.41) is 6.39. The lowest BCUT2D eigenvalue weighted by Crippen LogP contribution is -2.20. The van der Waals surface area contributed by atoms with Crippen LogP contribution in [0.15, 0.2) is 107 Å². The Morgan fingerprint density at radius 2 is 1.77 bits per heavy atom. The van der Waals surface area contributed by atoms with E-state index < -0.39 is 0 Å². The highest BCUT2D eigenvalue weighted by Gasteiger charge is 2.19. The average Bonchev–Trinajstić information content (AvgIpc) is 3.43. The Morgan fingerprint density at radius 1 is 0.977 bits per heavy atom. The van der Waals surface area contributed by atoms with Gasteiger partial charge < -0.3 is 13.9 Å². The van der Waals surface area contributed by atoms with E-state index in [0.717, 1.165) is 15.4 Å². The van der Waals surface area contributed by atoms with Gasteiger partial charge in [0.05, 0.1) is 28.2 Å². The molecule has 2 aromatic heterocycles. The first-order chi connectivity index (χ1) is 20.8. The molecule has 4 aromatic carbocycles. The molecule has 0 bridgehead atoms. The average molecular weight is 787 g/mol. The van der Waals surface area contributed by atoms with E-state index in [-0.39, 0.29) is 11.4 Å². The zero-order valence-electron chi connectivity index (χ0n) is 22.5. The Labute approximate surface area is 276 Å². The molecule has 6 aromatic rings. The number of rotatable bonds is 8. The summed E-state index contributed by atoms with van der Waals surface area (Å²) >= 11 is 17.0. The predicted molar refractivity (Wildman–Crippen MR) is 181 cm³/mol. The molecule has 0 fully saturated rings. The van der Waals surface area contributed by atoms with Crippen LogP contribution in [0.5, 0.6) is 11.5 Å². The standard InChI is InChI=1S/C32H21Br3ClN3O4/c1-2-41-26-15-20(28(34)29(35)30(26)42-17-18-7-9-21(33)10-8-18)16-37-39-31(38-24-6-4-3-5-23(24)32(39)40)27-14-19-13-22(36)11-12-25(19)43-27/h3-16H,2,17H2,1H3. The van der Waals surface area contributed by atoms with Crippen molar-refractivity contribution in [3.05, 3.63) is 119 Å². The number of hydrogen-bond acceptors (Lipinski definition) is 6. The maximum Gasteiger partial charge on any atom is 0.282 e. The molecule has 0 N–H and O–H groups in total.